The summed E-state index contributed by atoms with van der Waals surface area (Å²) in [6.45, 7) is 8.36. The minimum atomic E-state index is -1.10. The number of piperidine rings is 1. The Kier molecular flexibility index (Phi) is 14.8. The van der Waals surface area contributed by atoms with Gasteiger partial charge in [0.25, 0.3) is 11.8 Å². The van der Waals surface area contributed by atoms with Crippen molar-refractivity contribution >= 4 is 58.2 Å². The van der Waals surface area contributed by atoms with Gasteiger partial charge in [0.1, 0.15) is 28.7 Å². The van der Waals surface area contributed by atoms with Gasteiger partial charge < -0.3 is 24.3 Å². The van der Waals surface area contributed by atoms with E-state index in [1.807, 2.05) is 35.8 Å². The number of rotatable bonds is 21. The van der Waals surface area contributed by atoms with E-state index in [-0.39, 0.29) is 48.6 Å². The van der Waals surface area contributed by atoms with Crippen LogP contribution in [-0.4, -0.2) is 125 Å². The summed E-state index contributed by atoms with van der Waals surface area (Å²) in [5.74, 6) is -1.30. The summed E-state index contributed by atoms with van der Waals surface area (Å²) in [5, 5.41) is 15.6. The lowest BCUT2D eigenvalue weighted by atomic mass is 9.99. The number of nitrogens with zero attached hydrogens (tertiary/aromatic N) is 6. The van der Waals surface area contributed by atoms with E-state index in [0.717, 1.165) is 38.1 Å². The number of thiophene rings is 1. The first-order valence-corrected chi connectivity index (χ1v) is 21.9. The highest BCUT2D eigenvalue weighted by Crippen LogP contribution is 2.40. The lowest BCUT2D eigenvalue weighted by molar-refractivity contribution is -0.578. The van der Waals surface area contributed by atoms with Crippen molar-refractivity contribution < 1.29 is 47.7 Å². The normalized spacial score (nSPS) is 16.9. The number of halogens is 1. The predicted octanol–water partition coefficient (Wildman–Crippen LogP) is 4.35. The van der Waals surface area contributed by atoms with Crippen LogP contribution in [0.2, 0.25) is 5.02 Å². The third-order valence-corrected chi connectivity index (χ3v) is 12.2. The summed E-state index contributed by atoms with van der Waals surface area (Å²) >= 11 is 7.87. The van der Waals surface area contributed by atoms with Crippen molar-refractivity contribution in [2.24, 2.45) is 4.99 Å². The molecule has 63 heavy (non-hydrogen) atoms. The van der Waals surface area contributed by atoms with E-state index in [0.29, 0.717) is 74.6 Å². The van der Waals surface area contributed by atoms with Gasteiger partial charge in [-0.1, -0.05) is 29.8 Å². The maximum Gasteiger partial charge on any atom is 0.334 e. The molecule has 5 amide bonds. The molecule has 1 fully saturated rings. The summed E-state index contributed by atoms with van der Waals surface area (Å²) in [4.78, 5) is 82.9. The largest absolute Gasteiger partial charge is 0.432 e. The summed E-state index contributed by atoms with van der Waals surface area (Å²) in [7, 11) is 0. The van der Waals surface area contributed by atoms with E-state index in [9.17, 15) is 28.9 Å². The fraction of sp³-hybridized carbons (Fsp3) is 0.442. The lowest BCUT2D eigenvalue weighted by Gasteiger charge is -2.27. The van der Waals surface area contributed by atoms with Crippen LogP contribution in [0.1, 0.15) is 92.1 Å². The number of benzene rings is 2. The Morgan fingerprint density at radius 3 is 2.37 bits per heavy atom. The van der Waals surface area contributed by atoms with E-state index >= 15 is 0 Å². The molecule has 0 bridgehead atoms. The van der Waals surface area contributed by atoms with E-state index in [4.69, 9.17) is 35.5 Å². The maximum absolute atomic E-state index is 13.2. The van der Waals surface area contributed by atoms with E-state index in [1.54, 1.807) is 11.3 Å². The number of aryl methyl sites for hydroxylation is 2. The number of carbonyl (C=O) groups is 5. The van der Waals surface area contributed by atoms with Crippen LogP contribution < -0.4 is 15.4 Å². The molecule has 20 heteroatoms. The van der Waals surface area contributed by atoms with Gasteiger partial charge in [-0.25, -0.2) is 0 Å². The van der Waals surface area contributed by atoms with Crippen molar-refractivity contribution in [3.8, 4) is 10.8 Å². The first-order valence-electron chi connectivity index (χ1n) is 20.7. The molecule has 3 aliphatic rings. The molecule has 0 saturated carbocycles. The molecule has 332 valence electrons. The number of nitroso groups, excluding NO2 is 1. The molecular formula is C43H48ClN8O10S+. The second-order valence-electron chi connectivity index (χ2n) is 15.1. The zero-order chi connectivity index (χ0) is 44.6. The Morgan fingerprint density at radius 2 is 1.63 bits per heavy atom. The fourth-order valence-electron chi connectivity index (χ4n) is 7.48. The average Bonchev–Trinajstić information content (AvgIpc) is 3.84. The van der Waals surface area contributed by atoms with Crippen molar-refractivity contribution in [2.45, 2.75) is 65.0 Å². The lowest BCUT2D eigenvalue weighted by Crippen LogP contribution is -2.54. The number of amides is 5. The van der Waals surface area contributed by atoms with Gasteiger partial charge in [0.05, 0.1) is 56.3 Å². The topological polar surface area (TPSA) is 213 Å². The molecule has 2 atom stereocenters. The third kappa shape index (κ3) is 10.4. The second kappa shape index (κ2) is 20.6. The van der Waals surface area contributed by atoms with E-state index in [2.05, 4.69) is 34.7 Å². The Balaban J connectivity index is 0.744. The van der Waals surface area contributed by atoms with Crippen LogP contribution in [0.15, 0.2) is 47.5 Å². The standard InChI is InChI=1S/C43H47ClN8O10S/c1-25-26(2)63-43-36(25)38(28-9-11-29(44)12-10-28)46-31(39-49-48-27(3)51(39)43)23-35(54)45-15-5-17-59-19-21-61-22-20-60-18-6-16-50(58)24-62-33-8-4-7-30-37(33)42(57)52(41(30)56)32-13-14-34(53)47-40(32)55/h4,7-12,31-32H,5-6,13-24H2,1-3H3,(H-,45,47,53,54,55)/p+1/t31-,32?/m0/s1. The van der Waals surface area contributed by atoms with Crippen LogP contribution in [-0.2, 0) is 28.6 Å². The number of aliphatic imine (C=N–C) groups is 1. The molecule has 7 rings (SSSR count). The van der Waals surface area contributed by atoms with Gasteiger partial charge in [0.15, 0.2) is 12.4 Å². The highest BCUT2D eigenvalue weighted by molar-refractivity contribution is 7.15. The van der Waals surface area contributed by atoms with Crippen molar-refractivity contribution in [2.75, 3.05) is 59.5 Å². The van der Waals surface area contributed by atoms with Crippen molar-refractivity contribution in [1.29, 1.82) is 0 Å². The van der Waals surface area contributed by atoms with Crippen LogP contribution >= 0.6 is 22.9 Å². The Morgan fingerprint density at radius 1 is 0.921 bits per heavy atom. The number of imide groups is 2. The van der Waals surface area contributed by atoms with Crippen LogP contribution in [0.5, 0.6) is 5.75 Å². The SMILES string of the molecule is Cc1sc2c(c1C)C(c1ccc(Cl)cc1)=N[C@@H](CC(=O)NCCCOCCOCCOCCC[N+](=O)COc1cccc3c1C(=O)N(C1CCC(=O)NC1=O)C3=O)c1nnc(C)n1-2. The number of nitrogens with one attached hydrogen (secondary N) is 2. The molecule has 1 saturated heterocycles. The highest BCUT2D eigenvalue weighted by Gasteiger charge is 2.46. The molecule has 2 aromatic heterocycles. The summed E-state index contributed by atoms with van der Waals surface area (Å²) in [6.07, 6.45) is 1.16. The second-order valence-corrected chi connectivity index (χ2v) is 16.7. The predicted molar refractivity (Wildman–Crippen MR) is 230 cm³/mol. The molecule has 3 aliphatic heterocycles. The van der Waals surface area contributed by atoms with Crippen molar-refractivity contribution in [1.82, 2.24) is 30.3 Å². The minimum absolute atomic E-state index is 0.00816. The van der Waals surface area contributed by atoms with Crippen LogP contribution in [0.3, 0.4) is 0 Å². The van der Waals surface area contributed by atoms with Crippen LogP contribution in [0.4, 0.5) is 0 Å². The number of fused-ring (bicyclic) bond motifs is 4. The van der Waals surface area contributed by atoms with Gasteiger partial charge >= 0.3 is 6.73 Å². The van der Waals surface area contributed by atoms with Gasteiger partial charge in [-0.2, -0.15) is 0 Å². The molecular weight excluding hydrogens is 856 g/mol. The molecule has 4 aromatic rings. The minimum Gasteiger partial charge on any atom is -0.432 e. The van der Waals surface area contributed by atoms with Crippen molar-refractivity contribution in [3.05, 3.63) is 96.7 Å². The molecule has 0 radical (unpaired) electrons. The third-order valence-electron chi connectivity index (χ3n) is 10.8. The van der Waals surface area contributed by atoms with Gasteiger partial charge in [-0.3, -0.25) is 43.7 Å². The van der Waals surface area contributed by atoms with Gasteiger partial charge in [0.2, 0.25) is 17.7 Å². The van der Waals surface area contributed by atoms with Crippen LogP contribution in [0, 0.1) is 25.7 Å². The zero-order valence-electron chi connectivity index (χ0n) is 35.1. The molecule has 18 nitrogen and oxygen atoms in total. The highest BCUT2D eigenvalue weighted by atomic mass is 35.5. The Hall–Kier alpha value is -5.73. The van der Waals surface area contributed by atoms with E-state index in [1.165, 1.54) is 23.1 Å². The quantitative estimate of drug-likeness (QED) is 0.0517. The molecule has 1 unspecified atom stereocenters. The fourth-order valence-corrected chi connectivity index (χ4v) is 8.82. The first-order chi connectivity index (χ1) is 30.4. The molecule has 2 aromatic carbocycles. The number of aromatic nitrogens is 3. The van der Waals surface area contributed by atoms with Gasteiger partial charge in [-0.15, -0.1) is 21.5 Å². The summed E-state index contributed by atoms with van der Waals surface area (Å²) in [5.41, 5.74) is 3.87. The molecule has 2 N–H and O–H groups in total. The van der Waals surface area contributed by atoms with Crippen molar-refractivity contribution in [3.63, 3.8) is 0 Å². The monoisotopic (exact) mass is 903 g/mol. The Bertz CT molecular complexity index is 2430. The first kappa shape index (κ1) is 45.3. The number of carbonyl (C=O) groups excluding carboxylic acids is 5. The molecule has 0 spiro atoms. The van der Waals surface area contributed by atoms with E-state index < -0.39 is 42.4 Å². The number of hydrogen-bond donors (Lipinski definition) is 2. The number of hydrogen-bond acceptors (Lipinski definition) is 14. The molecule has 0 aliphatic carbocycles. The summed E-state index contributed by atoms with van der Waals surface area (Å²) in [6, 6.07) is 10.4. The van der Waals surface area contributed by atoms with Crippen LogP contribution in [0.25, 0.3) is 5.00 Å². The summed E-state index contributed by atoms with van der Waals surface area (Å²) < 4.78 is 25.1. The zero-order valence-corrected chi connectivity index (χ0v) is 36.7. The van der Waals surface area contributed by atoms with Gasteiger partial charge in [-0.05, 0) is 63.4 Å². The number of ether oxygens (including phenoxy) is 4. The average molecular weight is 904 g/mol. The Labute approximate surface area is 371 Å². The smallest absolute Gasteiger partial charge is 0.334 e. The molecule has 5 heterocycles. The van der Waals surface area contributed by atoms with Gasteiger partial charge in [0, 0.05) is 56.7 Å². The maximum atomic E-state index is 13.2.